The van der Waals surface area contributed by atoms with E-state index in [0.29, 0.717) is 32.5 Å². The Hall–Kier alpha value is -2.44. The van der Waals surface area contributed by atoms with Crippen LogP contribution in [0, 0.1) is 12.8 Å². The van der Waals surface area contributed by atoms with Crippen molar-refractivity contribution in [3.63, 3.8) is 0 Å². The summed E-state index contributed by atoms with van der Waals surface area (Å²) < 4.78 is 26.5. The van der Waals surface area contributed by atoms with Crippen molar-refractivity contribution < 1.29 is 13.2 Å². The zero-order chi connectivity index (χ0) is 20.0. The lowest BCUT2D eigenvalue weighted by atomic mass is 9.97. The fourth-order valence-electron chi connectivity index (χ4n) is 3.34. The first-order valence-electron chi connectivity index (χ1n) is 9.50. The second kappa shape index (κ2) is 9.17. The molecule has 3 rings (SSSR count). The van der Waals surface area contributed by atoms with E-state index >= 15 is 0 Å². The minimum absolute atomic E-state index is 0.00150. The van der Waals surface area contributed by atoms with Gasteiger partial charge in [0.2, 0.25) is 15.9 Å². The number of carbonyl (C=O) groups is 1. The minimum Gasteiger partial charge on any atom is -0.352 e. The minimum atomic E-state index is -3.47. The van der Waals surface area contributed by atoms with E-state index in [1.807, 2.05) is 55.5 Å². The van der Waals surface area contributed by atoms with Crippen LogP contribution >= 0.6 is 0 Å². The van der Waals surface area contributed by atoms with Crippen molar-refractivity contribution in [3.05, 3.63) is 76.7 Å². The van der Waals surface area contributed by atoms with Gasteiger partial charge in [-0.3, -0.25) is 4.79 Å². The number of nitrogens with one attached hydrogen (secondary N) is 1. The molecule has 148 valence electrons. The average molecular weight is 399 g/mol. The van der Waals surface area contributed by atoms with Gasteiger partial charge in [-0.1, -0.05) is 60.2 Å². The van der Waals surface area contributed by atoms with E-state index in [1.165, 1.54) is 9.71 Å². The Kier molecular flexibility index (Phi) is 6.65. The highest BCUT2D eigenvalue weighted by Gasteiger charge is 2.29. The fraction of sp³-hybridized carbons (Fsp3) is 0.318. The Bertz CT molecular complexity index is 931. The molecule has 1 N–H and O–H groups in total. The first-order valence-corrected chi connectivity index (χ1v) is 11.0. The van der Waals surface area contributed by atoms with Crippen LogP contribution in [0.5, 0.6) is 0 Å². The number of hydrogen-bond donors (Lipinski definition) is 1. The highest BCUT2D eigenvalue weighted by Crippen LogP contribution is 2.21. The second-order valence-corrected chi connectivity index (χ2v) is 8.96. The lowest BCUT2D eigenvalue weighted by molar-refractivity contribution is -0.126. The summed E-state index contributed by atoms with van der Waals surface area (Å²) in [5.41, 5.74) is 3.07. The van der Waals surface area contributed by atoms with Gasteiger partial charge in [-0.15, -0.1) is 0 Å². The Morgan fingerprint density at radius 2 is 1.82 bits per heavy atom. The first-order chi connectivity index (χ1) is 13.4. The molecule has 2 aromatic rings. The van der Waals surface area contributed by atoms with Crippen molar-refractivity contribution in [2.75, 3.05) is 13.1 Å². The molecule has 5 nitrogen and oxygen atoms in total. The second-order valence-electron chi connectivity index (χ2n) is 7.14. The summed E-state index contributed by atoms with van der Waals surface area (Å²) in [7, 11) is -3.47. The molecule has 6 heteroatoms. The quantitative estimate of drug-likeness (QED) is 0.812. The zero-order valence-electron chi connectivity index (χ0n) is 16.0. The van der Waals surface area contributed by atoms with E-state index < -0.39 is 10.0 Å². The highest BCUT2D eigenvalue weighted by atomic mass is 32.2. The van der Waals surface area contributed by atoms with Gasteiger partial charge in [0.15, 0.2) is 0 Å². The SMILES string of the molecule is Cc1cccc(CNC(=O)C2CCN(S(=O)(=O)/C=C/c3ccccc3)CC2)c1. The summed E-state index contributed by atoms with van der Waals surface area (Å²) in [6, 6.07) is 17.4. The van der Waals surface area contributed by atoms with Crippen molar-refractivity contribution in [2.45, 2.75) is 26.3 Å². The number of aryl methyl sites for hydroxylation is 1. The van der Waals surface area contributed by atoms with Crippen LogP contribution in [0.25, 0.3) is 6.08 Å². The van der Waals surface area contributed by atoms with Crippen LogP contribution in [0.15, 0.2) is 60.0 Å². The van der Waals surface area contributed by atoms with E-state index in [0.717, 1.165) is 16.7 Å². The number of piperidine rings is 1. The van der Waals surface area contributed by atoms with E-state index in [9.17, 15) is 13.2 Å². The van der Waals surface area contributed by atoms with Crippen molar-refractivity contribution in [2.24, 2.45) is 5.92 Å². The molecule has 28 heavy (non-hydrogen) atoms. The zero-order valence-corrected chi connectivity index (χ0v) is 16.9. The Morgan fingerprint density at radius 1 is 1.11 bits per heavy atom. The molecular formula is C22H26N2O3S. The molecule has 0 saturated carbocycles. The average Bonchev–Trinajstić information content (AvgIpc) is 2.71. The van der Waals surface area contributed by atoms with E-state index in [1.54, 1.807) is 6.08 Å². The van der Waals surface area contributed by atoms with Gasteiger partial charge < -0.3 is 5.32 Å². The molecule has 0 bridgehead atoms. The number of benzene rings is 2. The van der Waals surface area contributed by atoms with Gasteiger partial charge in [0.25, 0.3) is 0 Å². The Balaban J connectivity index is 1.50. The van der Waals surface area contributed by atoms with Gasteiger partial charge in [0.05, 0.1) is 0 Å². The number of carbonyl (C=O) groups excluding carboxylic acids is 1. The van der Waals surface area contributed by atoms with Crippen molar-refractivity contribution >= 4 is 22.0 Å². The molecule has 1 aliphatic heterocycles. The van der Waals surface area contributed by atoms with Gasteiger partial charge in [0, 0.05) is 31.0 Å². The van der Waals surface area contributed by atoms with Crippen molar-refractivity contribution in [3.8, 4) is 0 Å². The third-order valence-corrected chi connectivity index (χ3v) is 6.53. The predicted molar refractivity (Wildman–Crippen MR) is 112 cm³/mol. The molecule has 1 amide bonds. The molecule has 0 spiro atoms. The van der Waals surface area contributed by atoms with Gasteiger partial charge >= 0.3 is 0 Å². The number of rotatable bonds is 6. The number of amides is 1. The van der Waals surface area contributed by atoms with Crippen LogP contribution in [-0.4, -0.2) is 31.7 Å². The van der Waals surface area contributed by atoms with Crippen LogP contribution in [0.2, 0.25) is 0 Å². The molecule has 2 aromatic carbocycles. The maximum Gasteiger partial charge on any atom is 0.236 e. The summed E-state index contributed by atoms with van der Waals surface area (Å²) in [4.78, 5) is 12.4. The largest absolute Gasteiger partial charge is 0.352 e. The standard InChI is InChI=1S/C22H26N2O3S/c1-18-6-5-9-20(16-18)17-23-22(25)21-10-13-24(14-11-21)28(26,27)15-12-19-7-3-2-4-8-19/h2-9,12,15-16,21H,10-11,13-14,17H2,1H3,(H,23,25)/b15-12+. The Morgan fingerprint density at radius 3 is 2.50 bits per heavy atom. The summed E-state index contributed by atoms with van der Waals surface area (Å²) in [6.07, 6.45) is 2.69. The molecular weight excluding hydrogens is 372 g/mol. The molecule has 0 aliphatic carbocycles. The van der Waals surface area contributed by atoms with Crippen LogP contribution in [-0.2, 0) is 21.4 Å². The number of sulfonamides is 1. The maximum absolute atomic E-state index is 12.5. The third kappa shape index (κ3) is 5.53. The summed E-state index contributed by atoms with van der Waals surface area (Å²) in [5, 5.41) is 4.23. The molecule has 1 fully saturated rings. The molecule has 1 heterocycles. The van der Waals surface area contributed by atoms with E-state index in [2.05, 4.69) is 11.4 Å². The lowest BCUT2D eigenvalue weighted by Crippen LogP contribution is -2.42. The fourth-order valence-corrected chi connectivity index (χ4v) is 4.56. The molecule has 1 aliphatic rings. The predicted octanol–water partition coefficient (Wildman–Crippen LogP) is 3.32. The van der Waals surface area contributed by atoms with Gasteiger partial charge in [-0.25, -0.2) is 8.42 Å². The van der Waals surface area contributed by atoms with Gasteiger partial charge in [-0.2, -0.15) is 4.31 Å². The first kappa shape index (κ1) is 20.3. The Labute approximate surface area is 167 Å². The summed E-state index contributed by atoms with van der Waals surface area (Å²) >= 11 is 0. The number of hydrogen-bond acceptors (Lipinski definition) is 3. The smallest absolute Gasteiger partial charge is 0.236 e. The van der Waals surface area contributed by atoms with Crippen LogP contribution in [0.3, 0.4) is 0 Å². The van der Waals surface area contributed by atoms with Crippen molar-refractivity contribution in [1.29, 1.82) is 0 Å². The molecule has 0 atom stereocenters. The summed E-state index contributed by atoms with van der Waals surface area (Å²) in [5.74, 6) is -0.146. The van der Waals surface area contributed by atoms with Crippen LogP contribution in [0.4, 0.5) is 0 Å². The van der Waals surface area contributed by atoms with Crippen LogP contribution < -0.4 is 5.32 Å². The van der Waals surface area contributed by atoms with Gasteiger partial charge in [-0.05, 0) is 37.0 Å². The van der Waals surface area contributed by atoms with Crippen LogP contribution in [0.1, 0.15) is 29.5 Å². The third-order valence-electron chi connectivity index (χ3n) is 4.97. The number of nitrogens with zero attached hydrogens (tertiary/aromatic N) is 1. The highest BCUT2D eigenvalue weighted by molar-refractivity contribution is 7.92. The molecule has 0 radical (unpaired) electrons. The molecule has 0 unspecified atom stereocenters. The maximum atomic E-state index is 12.5. The van der Waals surface area contributed by atoms with Gasteiger partial charge in [0.1, 0.15) is 0 Å². The summed E-state index contributed by atoms with van der Waals surface area (Å²) in [6.45, 7) is 3.25. The molecule has 0 aromatic heterocycles. The normalized spacial score (nSPS) is 16.3. The van der Waals surface area contributed by atoms with E-state index in [4.69, 9.17) is 0 Å². The van der Waals surface area contributed by atoms with E-state index in [-0.39, 0.29) is 11.8 Å². The molecule has 1 saturated heterocycles. The monoisotopic (exact) mass is 398 g/mol. The lowest BCUT2D eigenvalue weighted by Gasteiger charge is -2.29. The van der Waals surface area contributed by atoms with Crippen molar-refractivity contribution in [1.82, 2.24) is 9.62 Å². The topological polar surface area (TPSA) is 66.5 Å².